The minimum atomic E-state index is 0.765. The first kappa shape index (κ1) is 10.8. The molecule has 3 aliphatic rings. The van der Waals surface area contributed by atoms with Crippen molar-refractivity contribution in [1.29, 1.82) is 0 Å². The zero-order valence-corrected chi connectivity index (χ0v) is 10.5. The van der Waals surface area contributed by atoms with Crippen LogP contribution in [0, 0.1) is 23.7 Å². The number of rotatable bonds is 1. The van der Waals surface area contributed by atoms with E-state index in [0.717, 1.165) is 36.9 Å². The van der Waals surface area contributed by atoms with Crippen LogP contribution in [0.25, 0.3) is 0 Å². The standard InChI is InChI=1S/C15H24O/c1-11-3-2-4-12(7-11)13-5-6-14-9-16-10-15(14)8-13/h8,11-12,14-15H,2-7,9-10H2,1H3/t11?,12-,14+,15-/m1/s1. The van der Waals surface area contributed by atoms with Crippen molar-refractivity contribution < 1.29 is 4.74 Å². The summed E-state index contributed by atoms with van der Waals surface area (Å²) >= 11 is 0. The third-order valence-corrected chi connectivity index (χ3v) is 4.94. The average molecular weight is 220 g/mol. The van der Waals surface area contributed by atoms with E-state index in [9.17, 15) is 0 Å². The molecule has 1 saturated carbocycles. The van der Waals surface area contributed by atoms with Crippen LogP contribution < -0.4 is 0 Å². The van der Waals surface area contributed by atoms with E-state index in [4.69, 9.17) is 4.74 Å². The zero-order chi connectivity index (χ0) is 11.0. The van der Waals surface area contributed by atoms with Gasteiger partial charge in [0.1, 0.15) is 0 Å². The molecule has 16 heavy (non-hydrogen) atoms. The van der Waals surface area contributed by atoms with Crippen LogP contribution in [-0.2, 0) is 4.74 Å². The monoisotopic (exact) mass is 220 g/mol. The van der Waals surface area contributed by atoms with E-state index in [0.29, 0.717) is 0 Å². The van der Waals surface area contributed by atoms with Crippen LogP contribution in [0.15, 0.2) is 11.6 Å². The molecule has 4 atom stereocenters. The van der Waals surface area contributed by atoms with Gasteiger partial charge in [-0.1, -0.05) is 31.4 Å². The molecule has 0 spiro atoms. The Morgan fingerprint density at radius 2 is 2.12 bits per heavy atom. The topological polar surface area (TPSA) is 9.23 Å². The molecule has 0 aromatic carbocycles. The fourth-order valence-electron chi connectivity index (χ4n) is 3.92. The average Bonchev–Trinajstić information content (AvgIpc) is 2.75. The lowest BCUT2D eigenvalue weighted by Crippen LogP contribution is -2.22. The Morgan fingerprint density at radius 1 is 1.19 bits per heavy atom. The van der Waals surface area contributed by atoms with Gasteiger partial charge in [-0.3, -0.25) is 0 Å². The highest BCUT2D eigenvalue weighted by atomic mass is 16.5. The van der Waals surface area contributed by atoms with Crippen LogP contribution in [0.3, 0.4) is 0 Å². The van der Waals surface area contributed by atoms with Crippen molar-refractivity contribution in [2.75, 3.05) is 13.2 Å². The van der Waals surface area contributed by atoms with E-state index >= 15 is 0 Å². The number of allylic oxidation sites excluding steroid dienone is 1. The Kier molecular flexibility index (Phi) is 3.06. The van der Waals surface area contributed by atoms with Gasteiger partial charge in [0.2, 0.25) is 0 Å². The fourth-order valence-corrected chi connectivity index (χ4v) is 3.92. The number of ether oxygens (including phenoxy) is 1. The Labute approximate surface area is 99.3 Å². The Balaban J connectivity index is 1.69. The minimum Gasteiger partial charge on any atom is -0.381 e. The second-order valence-electron chi connectivity index (χ2n) is 6.21. The maximum atomic E-state index is 5.60. The summed E-state index contributed by atoms with van der Waals surface area (Å²) < 4.78 is 5.60. The molecule has 3 rings (SSSR count). The summed E-state index contributed by atoms with van der Waals surface area (Å²) in [5, 5.41) is 0. The molecule has 2 fully saturated rings. The molecule has 90 valence electrons. The third kappa shape index (κ3) is 2.07. The maximum Gasteiger partial charge on any atom is 0.0532 e. The molecular weight excluding hydrogens is 196 g/mol. The SMILES string of the molecule is CC1CCC[C@@H](C2=C[C@@H]3COC[C@@H]3CC2)C1. The highest BCUT2D eigenvalue weighted by Gasteiger charge is 2.32. The zero-order valence-electron chi connectivity index (χ0n) is 10.5. The van der Waals surface area contributed by atoms with Crippen LogP contribution in [0.2, 0.25) is 0 Å². The largest absolute Gasteiger partial charge is 0.381 e. The van der Waals surface area contributed by atoms with E-state index < -0.39 is 0 Å². The number of hydrogen-bond acceptors (Lipinski definition) is 1. The van der Waals surface area contributed by atoms with Crippen LogP contribution >= 0.6 is 0 Å². The fraction of sp³-hybridized carbons (Fsp3) is 0.867. The molecule has 0 amide bonds. The highest BCUT2D eigenvalue weighted by Crippen LogP contribution is 2.41. The molecule has 0 aromatic rings. The van der Waals surface area contributed by atoms with Crippen molar-refractivity contribution in [2.45, 2.75) is 45.4 Å². The van der Waals surface area contributed by atoms with Crippen molar-refractivity contribution in [1.82, 2.24) is 0 Å². The lowest BCUT2D eigenvalue weighted by Gasteiger charge is -2.32. The predicted octanol–water partition coefficient (Wildman–Crippen LogP) is 3.80. The maximum absolute atomic E-state index is 5.60. The van der Waals surface area contributed by atoms with Crippen LogP contribution in [-0.4, -0.2) is 13.2 Å². The van der Waals surface area contributed by atoms with Gasteiger partial charge in [-0.25, -0.2) is 0 Å². The molecule has 1 heterocycles. The summed E-state index contributed by atoms with van der Waals surface area (Å²) in [7, 11) is 0. The molecule has 2 aliphatic carbocycles. The van der Waals surface area contributed by atoms with Gasteiger partial charge in [-0.05, 0) is 43.4 Å². The smallest absolute Gasteiger partial charge is 0.0532 e. The van der Waals surface area contributed by atoms with E-state index in [1.165, 1.54) is 38.5 Å². The molecule has 0 aromatic heterocycles. The summed E-state index contributed by atoms with van der Waals surface area (Å²) in [5.41, 5.74) is 1.79. The van der Waals surface area contributed by atoms with Gasteiger partial charge in [0, 0.05) is 5.92 Å². The molecule has 0 radical (unpaired) electrons. The molecule has 1 nitrogen and oxygen atoms in total. The highest BCUT2D eigenvalue weighted by molar-refractivity contribution is 5.15. The van der Waals surface area contributed by atoms with Crippen LogP contribution in [0.5, 0.6) is 0 Å². The van der Waals surface area contributed by atoms with Gasteiger partial charge < -0.3 is 4.74 Å². The number of fused-ring (bicyclic) bond motifs is 1. The molecule has 0 bridgehead atoms. The van der Waals surface area contributed by atoms with Crippen LogP contribution in [0.4, 0.5) is 0 Å². The lowest BCUT2D eigenvalue weighted by atomic mass is 9.72. The third-order valence-electron chi connectivity index (χ3n) is 4.94. The molecule has 1 saturated heterocycles. The van der Waals surface area contributed by atoms with E-state index in [1.807, 2.05) is 0 Å². The van der Waals surface area contributed by atoms with E-state index in [-0.39, 0.29) is 0 Å². The molecule has 1 aliphatic heterocycles. The summed E-state index contributed by atoms with van der Waals surface area (Å²) in [5.74, 6) is 3.49. The van der Waals surface area contributed by atoms with Crippen molar-refractivity contribution in [3.8, 4) is 0 Å². The van der Waals surface area contributed by atoms with Gasteiger partial charge in [-0.2, -0.15) is 0 Å². The Morgan fingerprint density at radius 3 is 3.00 bits per heavy atom. The molecular formula is C15H24O. The van der Waals surface area contributed by atoms with E-state index in [2.05, 4.69) is 13.0 Å². The molecule has 1 unspecified atom stereocenters. The summed E-state index contributed by atoms with van der Waals surface area (Å²) in [6, 6.07) is 0. The summed E-state index contributed by atoms with van der Waals surface area (Å²) in [6.07, 6.45) is 11.2. The van der Waals surface area contributed by atoms with Crippen molar-refractivity contribution in [2.24, 2.45) is 23.7 Å². The summed E-state index contributed by atoms with van der Waals surface area (Å²) in [6.45, 7) is 4.45. The second-order valence-corrected chi connectivity index (χ2v) is 6.21. The second kappa shape index (κ2) is 4.52. The first-order valence-corrected chi connectivity index (χ1v) is 7.11. The predicted molar refractivity (Wildman–Crippen MR) is 66.2 cm³/mol. The van der Waals surface area contributed by atoms with E-state index in [1.54, 1.807) is 5.57 Å². The molecule has 1 heteroatoms. The van der Waals surface area contributed by atoms with Crippen LogP contribution in [0.1, 0.15) is 45.4 Å². The van der Waals surface area contributed by atoms with Gasteiger partial charge in [-0.15, -0.1) is 0 Å². The Hall–Kier alpha value is -0.300. The normalized spacial score (nSPS) is 43.9. The first-order valence-electron chi connectivity index (χ1n) is 7.11. The summed E-state index contributed by atoms with van der Waals surface area (Å²) in [4.78, 5) is 0. The first-order chi connectivity index (χ1) is 7.83. The van der Waals surface area contributed by atoms with Gasteiger partial charge >= 0.3 is 0 Å². The lowest BCUT2D eigenvalue weighted by molar-refractivity contribution is 0.182. The van der Waals surface area contributed by atoms with Gasteiger partial charge in [0.05, 0.1) is 13.2 Å². The molecule has 0 N–H and O–H groups in total. The minimum absolute atomic E-state index is 0.765. The van der Waals surface area contributed by atoms with Gasteiger partial charge in [0.25, 0.3) is 0 Å². The number of hydrogen-bond donors (Lipinski definition) is 0. The van der Waals surface area contributed by atoms with Crippen molar-refractivity contribution >= 4 is 0 Å². The Bertz CT molecular complexity index is 281. The van der Waals surface area contributed by atoms with Gasteiger partial charge in [0.15, 0.2) is 0 Å². The quantitative estimate of drug-likeness (QED) is 0.611. The van der Waals surface area contributed by atoms with Crippen molar-refractivity contribution in [3.05, 3.63) is 11.6 Å². The van der Waals surface area contributed by atoms with Crippen molar-refractivity contribution in [3.63, 3.8) is 0 Å².